The van der Waals surface area contributed by atoms with E-state index in [1.165, 1.54) is 7.05 Å². The van der Waals surface area contributed by atoms with Crippen LogP contribution in [-0.2, 0) is 14.3 Å². The molecule has 1 unspecified atom stereocenters. The van der Waals surface area contributed by atoms with Gasteiger partial charge in [0.25, 0.3) is 11.8 Å². The maximum Gasteiger partial charge on any atom is 0.324 e. The minimum Gasteiger partial charge on any atom is -0.494 e. The van der Waals surface area contributed by atoms with Crippen LogP contribution >= 0.6 is 0 Å². The van der Waals surface area contributed by atoms with Crippen molar-refractivity contribution in [3.05, 3.63) is 11.5 Å². The number of carbonyl (C=O) groups excluding carboxylic acids is 3. The van der Waals surface area contributed by atoms with Crippen molar-refractivity contribution < 1.29 is 24.2 Å². The molecule has 1 aliphatic carbocycles. The quantitative estimate of drug-likeness (QED) is 0.241. The first kappa shape index (κ1) is 27.2. The van der Waals surface area contributed by atoms with Crippen LogP contribution in [0.4, 0.5) is 4.79 Å². The molecule has 0 radical (unpaired) electrons. The van der Waals surface area contributed by atoms with Crippen molar-refractivity contribution in [2.45, 2.75) is 89.3 Å². The summed E-state index contributed by atoms with van der Waals surface area (Å²) < 4.78 is 5.62. The van der Waals surface area contributed by atoms with Gasteiger partial charge in [0.15, 0.2) is 0 Å². The molecule has 1 saturated carbocycles. The Hall–Kier alpha value is -2.82. The molecule has 11 nitrogen and oxygen atoms in total. The zero-order chi connectivity index (χ0) is 26.7. The molecule has 0 spiro atoms. The van der Waals surface area contributed by atoms with E-state index in [0.29, 0.717) is 32.8 Å². The Labute approximate surface area is 219 Å². The lowest BCUT2D eigenvalue weighted by atomic mass is 9.78. The molecular weight excluding hydrogens is 476 g/mol. The summed E-state index contributed by atoms with van der Waals surface area (Å²) in [5.74, 6) is -0.237. The van der Waals surface area contributed by atoms with Gasteiger partial charge in [0.05, 0.1) is 19.3 Å². The number of hydrogen-bond acceptors (Lipinski definition) is 7. The summed E-state index contributed by atoms with van der Waals surface area (Å²) in [6.07, 6.45) is 7.60. The highest BCUT2D eigenvalue weighted by molar-refractivity contribution is 6.20. The Balaban J connectivity index is 1.44. The number of carbonyl (C=O) groups is 3. The predicted molar refractivity (Wildman–Crippen MR) is 139 cm³/mol. The summed E-state index contributed by atoms with van der Waals surface area (Å²) in [5.41, 5.74) is 5.49. The molecule has 3 aliphatic heterocycles. The molecule has 4 N–H and O–H groups in total. The average Bonchev–Trinajstić information content (AvgIpc) is 3.46. The molecule has 37 heavy (non-hydrogen) atoms. The van der Waals surface area contributed by atoms with E-state index in [0.717, 1.165) is 56.3 Å². The van der Waals surface area contributed by atoms with Crippen molar-refractivity contribution in [3.63, 3.8) is 0 Å². The standard InChI is InChI=1S/C26H42N6O5/c1-4-5-12-31-16-32(23(34)20(22(31)33)21(27)28-15-19-7-6-13-37-19)18-10-8-17(9-11-18)14-26(2)24(35)30(3)25(36)29-26/h17-19,33H,4-16H2,1-3H3,(H2,27,28)(H,29,36)/t17?,18?,19?,26-/m0/s1. The van der Waals surface area contributed by atoms with Crippen LogP contribution in [0.25, 0.3) is 0 Å². The molecule has 3 heterocycles. The SMILES string of the molecule is CCCCN1CN(C2CCC(C[C@]3(C)NC(=O)N(C)C3=O)CC2)C(=O)C(C(N)=NCC2CCCO2)=C1O. The zero-order valence-corrected chi connectivity index (χ0v) is 22.4. The van der Waals surface area contributed by atoms with Gasteiger partial charge in [-0.05, 0) is 64.2 Å². The van der Waals surface area contributed by atoms with E-state index >= 15 is 0 Å². The molecule has 206 valence electrons. The van der Waals surface area contributed by atoms with E-state index in [9.17, 15) is 19.5 Å². The number of amides is 4. The van der Waals surface area contributed by atoms with Crippen LogP contribution in [0.15, 0.2) is 16.4 Å². The molecule has 11 heteroatoms. The van der Waals surface area contributed by atoms with Crippen molar-refractivity contribution >= 4 is 23.7 Å². The summed E-state index contributed by atoms with van der Waals surface area (Å²) in [6, 6.07) is -0.351. The van der Waals surface area contributed by atoms with Gasteiger partial charge in [0, 0.05) is 26.2 Å². The molecule has 2 atom stereocenters. The summed E-state index contributed by atoms with van der Waals surface area (Å²) in [4.78, 5) is 47.4. The van der Waals surface area contributed by atoms with Crippen LogP contribution in [0.3, 0.4) is 0 Å². The minimum atomic E-state index is -0.878. The van der Waals surface area contributed by atoms with E-state index in [1.807, 2.05) is 9.80 Å². The van der Waals surface area contributed by atoms with Crippen LogP contribution in [-0.4, -0.2) is 94.6 Å². The van der Waals surface area contributed by atoms with E-state index in [1.54, 1.807) is 6.92 Å². The Morgan fingerprint density at radius 2 is 1.95 bits per heavy atom. The number of imide groups is 1. The summed E-state index contributed by atoms with van der Waals surface area (Å²) >= 11 is 0. The molecule has 0 aromatic heterocycles. The van der Waals surface area contributed by atoms with Gasteiger partial charge in [0.2, 0.25) is 5.88 Å². The van der Waals surface area contributed by atoms with Gasteiger partial charge < -0.3 is 30.7 Å². The van der Waals surface area contributed by atoms with Crippen molar-refractivity contribution in [1.29, 1.82) is 0 Å². The smallest absolute Gasteiger partial charge is 0.324 e. The number of aliphatic hydroxyl groups excluding tert-OH is 1. The van der Waals surface area contributed by atoms with Crippen molar-refractivity contribution in [1.82, 2.24) is 20.0 Å². The third-order valence-corrected chi connectivity index (χ3v) is 8.27. The zero-order valence-electron chi connectivity index (χ0n) is 22.4. The minimum absolute atomic E-state index is 0.000685. The van der Waals surface area contributed by atoms with Crippen LogP contribution < -0.4 is 11.1 Å². The molecule has 4 rings (SSSR count). The molecule has 4 amide bonds. The predicted octanol–water partition coefficient (Wildman–Crippen LogP) is 2.08. The van der Waals surface area contributed by atoms with Crippen LogP contribution in [0.1, 0.15) is 71.6 Å². The first-order valence-electron chi connectivity index (χ1n) is 13.7. The van der Waals surface area contributed by atoms with Crippen molar-refractivity contribution in [2.24, 2.45) is 16.6 Å². The largest absolute Gasteiger partial charge is 0.494 e. The van der Waals surface area contributed by atoms with Gasteiger partial charge in [-0.15, -0.1) is 0 Å². The van der Waals surface area contributed by atoms with Crippen LogP contribution in [0.2, 0.25) is 0 Å². The lowest BCUT2D eigenvalue weighted by Crippen LogP contribution is -2.54. The third kappa shape index (κ3) is 5.71. The molecule has 4 aliphatic rings. The fraction of sp³-hybridized carbons (Fsp3) is 0.769. The van der Waals surface area contributed by atoms with E-state index in [2.05, 4.69) is 17.2 Å². The number of ether oxygens (including phenoxy) is 1. The first-order valence-corrected chi connectivity index (χ1v) is 13.7. The molecule has 2 saturated heterocycles. The molecule has 0 aromatic rings. The van der Waals surface area contributed by atoms with Gasteiger partial charge in [-0.25, -0.2) is 4.79 Å². The number of nitrogens with zero attached hydrogens (tertiary/aromatic N) is 4. The number of nitrogens with one attached hydrogen (secondary N) is 1. The van der Waals surface area contributed by atoms with Crippen LogP contribution in [0.5, 0.6) is 0 Å². The number of rotatable bonds is 9. The Morgan fingerprint density at radius 1 is 1.22 bits per heavy atom. The molecule has 0 aromatic carbocycles. The van der Waals surface area contributed by atoms with Crippen LogP contribution in [0, 0.1) is 5.92 Å². The third-order valence-electron chi connectivity index (χ3n) is 8.27. The molecule has 0 bridgehead atoms. The topological polar surface area (TPSA) is 141 Å². The number of urea groups is 1. The second-order valence-corrected chi connectivity index (χ2v) is 11.1. The lowest BCUT2D eigenvalue weighted by Gasteiger charge is -2.43. The number of amidine groups is 1. The van der Waals surface area contributed by atoms with E-state index < -0.39 is 5.54 Å². The molecular formula is C26H42N6O5. The van der Waals surface area contributed by atoms with Gasteiger partial charge in [-0.1, -0.05) is 13.3 Å². The van der Waals surface area contributed by atoms with Gasteiger partial charge >= 0.3 is 6.03 Å². The first-order chi connectivity index (χ1) is 17.6. The highest BCUT2D eigenvalue weighted by Crippen LogP contribution is 2.36. The highest BCUT2D eigenvalue weighted by Gasteiger charge is 2.48. The summed E-state index contributed by atoms with van der Waals surface area (Å²) in [5, 5.41) is 13.8. The highest BCUT2D eigenvalue weighted by atomic mass is 16.5. The lowest BCUT2D eigenvalue weighted by molar-refractivity contribution is -0.135. The Morgan fingerprint density at radius 3 is 2.54 bits per heavy atom. The van der Waals surface area contributed by atoms with Crippen molar-refractivity contribution in [2.75, 3.05) is 33.4 Å². The van der Waals surface area contributed by atoms with Gasteiger partial charge in [-0.2, -0.15) is 0 Å². The maximum atomic E-state index is 13.6. The summed E-state index contributed by atoms with van der Waals surface area (Å²) in [6.45, 7) is 5.91. The second kappa shape index (κ2) is 11.3. The normalized spacial score (nSPS) is 31.5. The van der Waals surface area contributed by atoms with E-state index in [-0.39, 0.29) is 53.2 Å². The van der Waals surface area contributed by atoms with Gasteiger partial charge in [-0.3, -0.25) is 19.5 Å². The van der Waals surface area contributed by atoms with Gasteiger partial charge in [0.1, 0.15) is 16.9 Å². The maximum absolute atomic E-state index is 13.6. The fourth-order valence-electron chi connectivity index (χ4n) is 6.02. The number of hydrogen-bond donors (Lipinski definition) is 3. The number of likely N-dealkylation sites (N-methyl/N-ethyl adjacent to an activating group) is 1. The summed E-state index contributed by atoms with van der Waals surface area (Å²) in [7, 11) is 1.50. The monoisotopic (exact) mass is 518 g/mol. The molecule has 3 fully saturated rings. The fourth-order valence-corrected chi connectivity index (χ4v) is 6.02. The number of nitrogens with two attached hydrogens (primary N) is 1. The number of unbranched alkanes of at least 4 members (excludes halogenated alkanes) is 1. The Bertz CT molecular complexity index is 953. The second-order valence-electron chi connectivity index (χ2n) is 11.1. The Kier molecular flexibility index (Phi) is 8.30. The van der Waals surface area contributed by atoms with Crippen molar-refractivity contribution in [3.8, 4) is 0 Å². The average molecular weight is 519 g/mol. The number of aliphatic imine (C=N–C) groups is 1. The van der Waals surface area contributed by atoms with E-state index in [4.69, 9.17) is 10.5 Å². The number of aliphatic hydroxyl groups is 1.